The van der Waals surface area contributed by atoms with Crippen LogP contribution in [0.1, 0.15) is 59.6 Å². The van der Waals surface area contributed by atoms with Gasteiger partial charge < -0.3 is 9.47 Å². The number of nitrogens with zero attached hydrogens (tertiary/aromatic N) is 4. The molecule has 4 aromatic rings. The van der Waals surface area contributed by atoms with Crippen molar-refractivity contribution in [3.63, 3.8) is 0 Å². The molecule has 2 aliphatic carbocycles. The van der Waals surface area contributed by atoms with Gasteiger partial charge in [-0.3, -0.25) is 4.79 Å². The van der Waals surface area contributed by atoms with Crippen LogP contribution in [-0.2, 0) is 23.0 Å². The molecule has 0 spiro atoms. The van der Waals surface area contributed by atoms with E-state index in [1.54, 1.807) is 13.1 Å². The van der Waals surface area contributed by atoms with Crippen LogP contribution in [-0.4, -0.2) is 32.8 Å². The Morgan fingerprint density at radius 3 is 2.51 bits per heavy atom. The van der Waals surface area contributed by atoms with E-state index >= 15 is 4.39 Å². The quantitative estimate of drug-likeness (QED) is 0.274. The van der Waals surface area contributed by atoms with Crippen LogP contribution in [0.3, 0.4) is 0 Å². The van der Waals surface area contributed by atoms with Crippen LogP contribution in [0.15, 0.2) is 48.5 Å². The third-order valence-electron chi connectivity index (χ3n) is 7.82. The number of hydrogen-bond acceptors (Lipinski definition) is 6. The largest absolute Gasteiger partial charge is 0.486 e. The molecule has 6 rings (SSSR count). The lowest BCUT2D eigenvalue weighted by Gasteiger charge is -2.19. The van der Waals surface area contributed by atoms with E-state index in [2.05, 4.69) is 41.4 Å². The Hall–Kier alpha value is -4.07. The standard InChI is InChI=1S/C31H31FN4O3/c1-5-38-31(37)25-16-24(25)19-6-8-21(9-7-19)39-27-13-11-23-22(10-12-26(32)29(23)27)28-17(2)14-20(15-18(28)3)30-33-35-36(4)34-30/h6-10,12,14-15,24-25,27H,5,11,13,16H2,1-4H3/t24-,25+,27-/m1/s1. The molecular weight excluding hydrogens is 495 g/mol. The summed E-state index contributed by atoms with van der Waals surface area (Å²) in [6.45, 7) is 6.36. The van der Waals surface area contributed by atoms with Crippen molar-refractivity contribution in [1.29, 1.82) is 0 Å². The van der Waals surface area contributed by atoms with Gasteiger partial charge in [-0.15, -0.1) is 10.2 Å². The van der Waals surface area contributed by atoms with Crippen LogP contribution in [0.5, 0.6) is 5.75 Å². The molecular formula is C31H31FN4O3. The molecule has 1 saturated carbocycles. The highest BCUT2D eigenvalue weighted by molar-refractivity contribution is 5.79. The minimum absolute atomic E-state index is 0.0520. The van der Waals surface area contributed by atoms with E-state index in [9.17, 15) is 4.79 Å². The molecule has 39 heavy (non-hydrogen) atoms. The Morgan fingerprint density at radius 2 is 1.85 bits per heavy atom. The fourth-order valence-corrected chi connectivity index (χ4v) is 5.97. The normalized spacial score (nSPS) is 19.6. The van der Waals surface area contributed by atoms with Crippen LogP contribution >= 0.6 is 0 Å². The molecule has 1 heterocycles. The molecule has 0 saturated heterocycles. The van der Waals surface area contributed by atoms with Gasteiger partial charge in [0.1, 0.15) is 17.7 Å². The number of esters is 1. The number of rotatable bonds is 7. The average Bonchev–Trinajstić information content (AvgIpc) is 3.42. The Labute approximate surface area is 227 Å². The predicted octanol–water partition coefficient (Wildman–Crippen LogP) is 6.03. The molecule has 0 amide bonds. The SMILES string of the molecule is CCOC(=O)[C@H]1C[C@@H]1c1ccc(O[C@@H]2CCc3c(-c4c(C)cc(-c5nnn(C)n5)cc4C)ccc(F)c32)cc1. The third kappa shape index (κ3) is 4.68. The molecule has 3 atom stereocenters. The van der Waals surface area contributed by atoms with E-state index in [-0.39, 0.29) is 29.7 Å². The molecule has 200 valence electrons. The highest BCUT2D eigenvalue weighted by atomic mass is 19.1. The fraction of sp³-hybridized carbons (Fsp3) is 0.355. The summed E-state index contributed by atoms with van der Waals surface area (Å²) in [6.07, 6.45) is 1.90. The minimum atomic E-state index is -0.359. The molecule has 0 bridgehead atoms. The maximum Gasteiger partial charge on any atom is 0.309 e. The van der Waals surface area contributed by atoms with Crippen molar-refractivity contribution in [3.05, 3.63) is 82.2 Å². The predicted molar refractivity (Wildman–Crippen MR) is 145 cm³/mol. The van der Waals surface area contributed by atoms with E-state index in [0.717, 1.165) is 51.8 Å². The van der Waals surface area contributed by atoms with Gasteiger partial charge in [0.25, 0.3) is 0 Å². The highest BCUT2D eigenvalue weighted by Crippen LogP contribution is 2.49. The second-order valence-electron chi connectivity index (χ2n) is 10.5. The summed E-state index contributed by atoms with van der Waals surface area (Å²) in [7, 11) is 1.74. The van der Waals surface area contributed by atoms with Crippen LogP contribution in [0.2, 0.25) is 0 Å². The number of hydrogen-bond donors (Lipinski definition) is 0. The van der Waals surface area contributed by atoms with Crippen LogP contribution in [0.25, 0.3) is 22.5 Å². The number of tetrazole rings is 1. The number of carbonyl (C=O) groups is 1. The van der Waals surface area contributed by atoms with Gasteiger partial charge >= 0.3 is 5.97 Å². The molecule has 0 N–H and O–H groups in total. The summed E-state index contributed by atoms with van der Waals surface area (Å²) < 4.78 is 26.7. The second kappa shape index (κ2) is 9.91. The fourth-order valence-electron chi connectivity index (χ4n) is 5.97. The van der Waals surface area contributed by atoms with Crippen molar-refractivity contribution in [2.75, 3.05) is 6.61 Å². The summed E-state index contributed by atoms with van der Waals surface area (Å²) >= 11 is 0. The van der Waals surface area contributed by atoms with Crippen LogP contribution < -0.4 is 4.74 Å². The van der Waals surface area contributed by atoms with Gasteiger partial charge in [0.15, 0.2) is 0 Å². The van der Waals surface area contributed by atoms with E-state index < -0.39 is 0 Å². The number of fused-ring (bicyclic) bond motifs is 1. The van der Waals surface area contributed by atoms with Gasteiger partial charge in [-0.05, 0) is 115 Å². The molecule has 7 nitrogen and oxygen atoms in total. The van der Waals surface area contributed by atoms with Crippen molar-refractivity contribution < 1.29 is 18.7 Å². The summed E-state index contributed by atoms with van der Waals surface area (Å²) in [6, 6.07) is 15.4. The Bertz CT molecular complexity index is 1540. The van der Waals surface area contributed by atoms with E-state index in [1.165, 1.54) is 4.80 Å². The first-order valence-electron chi connectivity index (χ1n) is 13.4. The topological polar surface area (TPSA) is 79.1 Å². The van der Waals surface area contributed by atoms with Gasteiger partial charge in [-0.1, -0.05) is 18.2 Å². The Balaban J connectivity index is 1.24. The van der Waals surface area contributed by atoms with Crippen LogP contribution in [0, 0.1) is 25.6 Å². The van der Waals surface area contributed by atoms with E-state index in [4.69, 9.17) is 9.47 Å². The lowest BCUT2D eigenvalue weighted by molar-refractivity contribution is -0.144. The molecule has 8 heteroatoms. The third-order valence-corrected chi connectivity index (χ3v) is 7.82. The highest BCUT2D eigenvalue weighted by Gasteiger charge is 2.45. The summed E-state index contributed by atoms with van der Waals surface area (Å²) in [4.78, 5) is 13.4. The van der Waals surface area contributed by atoms with E-state index in [1.807, 2.05) is 37.3 Å². The Morgan fingerprint density at radius 1 is 1.10 bits per heavy atom. The van der Waals surface area contributed by atoms with Crippen molar-refractivity contribution in [2.45, 2.75) is 52.1 Å². The molecule has 2 aliphatic rings. The van der Waals surface area contributed by atoms with Gasteiger partial charge in [-0.25, -0.2) is 4.39 Å². The van der Waals surface area contributed by atoms with Crippen molar-refractivity contribution in [1.82, 2.24) is 20.2 Å². The van der Waals surface area contributed by atoms with Gasteiger partial charge in [0.2, 0.25) is 5.82 Å². The zero-order valence-electron chi connectivity index (χ0n) is 22.6. The monoisotopic (exact) mass is 526 g/mol. The molecule has 1 fully saturated rings. The van der Waals surface area contributed by atoms with Gasteiger partial charge in [-0.2, -0.15) is 4.80 Å². The van der Waals surface area contributed by atoms with Crippen LogP contribution in [0.4, 0.5) is 4.39 Å². The van der Waals surface area contributed by atoms with Gasteiger partial charge in [0.05, 0.1) is 19.6 Å². The summed E-state index contributed by atoms with van der Waals surface area (Å²) in [5, 5.41) is 12.4. The number of halogens is 1. The minimum Gasteiger partial charge on any atom is -0.486 e. The number of benzene rings is 3. The Kier molecular flexibility index (Phi) is 6.41. The maximum atomic E-state index is 15.2. The zero-order chi connectivity index (χ0) is 27.3. The number of aromatic nitrogens is 4. The first kappa shape index (κ1) is 25.2. The number of aryl methyl sites for hydroxylation is 3. The molecule has 3 aromatic carbocycles. The second-order valence-corrected chi connectivity index (χ2v) is 10.5. The van der Waals surface area contributed by atoms with Crippen molar-refractivity contribution >= 4 is 5.97 Å². The number of ether oxygens (including phenoxy) is 2. The molecule has 0 aliphatic heterocycles. The van der Waals surface area contributed by atoms with Crippen molar-refractivity contribution in [2.24, 2.45) is 13.0 Å². The first-order chi connectivity index (χ1) is 18.8. The molecule has 0 radical (unpaired) electrons. The number of carbonyl (C=O) groups excluding carboxylic acids is 1. The van der Waals surface area contributed by atoms with Crippen molar-refractivity contribution in [3.8, 4) is 28.3 Å². The lowest BCUT2D eigenvalue weighted by atomic mass is 9.89. The van der Waals surface area contributed by atoms with E-state index in [0.29, 0.717) is 30.2 Å². The lowest BCUT2D eigenvalue weighted by Crippen LogP contribution is -2.07. The first-order valence-corrected chi connectivity index (χ1v) is 13.4. The summed E-state index contributed by atoms with van der Waals surface area (Å²) in [5.41, 5.74) is 7.95. The zero-order valence-corrected chi connectivity index (χ0v) is 22.6. The maximum absolute atomic E-state index is 15.2. The smallest absolute Gasteiger partial charge is 0.309 e. The molecule has 0 unspecified atom stereocenters. The van der Waals surface area contributed by atoms with Gasteiger partial charge in [0, 0.05) is 11.1 Å². The molecule has 1 aromatic heterocycles. The average molecular weight is 527 g/mol. The summed E-state index contributed by atoms with van der Waals surface area (Å²) in [5.74, 6) is 1.07.